The SMILES string of the molecule is O=C(O)C(F)(F)F.O=S(=O)(C1CC1)N1CCOCC2(CCN(C3CCOCC3)C2)C1. The molecule has 1 unspecified atom stereocenters. The van der Waals surface area contributed by atoms with Crippen LogP contribution in [0.25, 0.3) is 0 Å². The summed E-state index contributed by atoms with van der Waals surface area (Å²) in [7, 11) is -3.10. The van der Waals surface area contributed by atoms with E-state index in [9.17, 15) is 21.6 Å². The van der Waals surface area contributed by atoms with Crippen LogP contribution < -0.4 is 0 Å². The summed E-state index contributed by atoms with van der Waals surface area (Å²) in [5, 5.41) is 7.01. The molecule has 4 rings (SSSR count). The third-order valence-corrected chi connectivity index (χ3v) is 8.47. The highest BCUT2D eigenvalue weighted by Crippen LogP contribution is 2.39. The van der Waals surface area contributed by atoms with E-state index in [1.807, 2.05) is 0 Å². The largest absolute Gasteiger partial charge is 0.490 e. The molecule has 0 aromatic heterocycles. The zero-order valence-electron chi connectivity index (χ0n) is 16.8. The van der Waals surface area contributed by atoms with Crippen molar-refractivity contribution in [2.45, 2.75) is 49.6 Å². The Kier molecular flexibility index (Phi) is 7.33. The van der Waals surface area contributed by atoms with E-state index in [0.29, 0.717) is 32.3 Å². The number of hydrogen-bond acceptors (Lipinski definition) is 6. The molecule has 3 saturated heterocycles. The number of hydrogen-bond donors (Lipinski definition) is 1. The summed E-state index contributed by atoms with van der Waals surface area (Å²) in [5.41, 5.74) is -0.0171. The number of halogens is 3. The van der Waals surface area contributed by atoms with Crippen molar-refractivity contribution >= 4 is 16.0 Å². The summed E-state index contributed by atoms with van der Waals surface area (Å²) < 4.78 is 70.1. The highest BCUT2D eigenvalue weighted by Gasteiger charge is 2.48. The fraction of sp³-hybridized carbons (Fsp3) is 0.944. The molecule has 174 valence electrons. The van der Waals surface area contributed by atoms with Crippen LogP contribution >= 0.6 is 0 Å². The molecule has 4 aliphatic rings. The highest BCUT2D eigenvalue weighted by molar-refractivity contribution is 7.90. The molecule has 8 nitrogen and oxygen atoms in total. The van der Waals surface area contributed by atoms with E-state index in [2.05, 4.69) is 4.90 Å². The molecule has 1 atom stereocenters. The first-order valence-corrected chi connectivity index (χ1v) is 11.7. The maximum absolute atomic E-state index is 12.7. The van der Waals surface area contributed by atoms with Gasteiger partial charge < -0.3 is 14.6 Å². The van der Waals surface area contributed by atoms with Crippen LogP contribution in [-0.2, 0) is 24.3 Å². The molecule has 1 saturated carbocycles. The standard InChI is InChI=1S/C16H28N2O4S.C2HF3O2/c19-23(20,15-1-2-15)18-7-10-22-13-16(12-18)5-6-17(11-16)14-3-8-21-9-4-14;3-2(4,5)1(6)7/h14-15H,1-13H2;(H,6,7). The van der Waals surface area contributed by atoms with E-state index >= 15 is 0 Å². The van der Waals surface area contributed by atoms with Gasteiger partial charge in [-0.3, -0.25) is 4.90 Å². The Bertz CT molecular complexity index is 709. The molecule has 1 aliphatic carbocycles. The molecule has 0 aromatic carbocycles. The zero-order chi connectivity index (χ0) is 22.0. The third-order valence-electron chi connectivity index (χ3n) is 6.13. The van der Waals surface area contributed by atoms with Crippen molar-refractivity contribution in [3.63, 3.8) is 0 Å². The number of carboxylic acid groups (broad SMARTS) is 1. The minimum absolute atomic E-state index is 0.0171. The molecule has 0 aromatic rings. The topological polar surface area (TPSA) is 96.4 Å². The summed E-state index contributed by atoms with van der Waals surface area (Å²) in [6.45, 7) is 6.14. The molecule has 1 spiro atoms. The summed E-state index contributed by atoms with van der Waals surface area (Å²) in [6.07, 6.45) is -0.176. The number of sulfonamides is 1. The minimum atomic E-state index is -5.08. The predicted molar refractivity (Wildman–Crippen MR) is 100 cm³/mol. The third kappa shape index (κ3) is 5.84. The van der Waals surface area contributed by atoms with E-state index in [4.69, 9.17) is 19.4 Å². The van der Waals surface area contributed by atoms with Crippen LogP contribution in [0.15, 0.2) is 0 Å². The summed E-state index contributed by atoms with van der Waals surface area (Å²) in [6, 6.07) is 0.597. The summed E-state index contributed by atoms with van der Waals surface area (Å²) in [4.78, 5) is 11.5. The van der Waals surface area contributed by atoms with Crippen LogP contribution in [0.4, 0.5) is 13.2 Å². The van der Waals surface area contributed by atoms with E-state index in [1.54, 1.807) is 4.31 Å². The average molecular weight is 458 g/mol. The van der Waals surface area contributed by atoms with Gasteiger partial charge in [-0.1, -0.05) is 0 Å². The normalized spacial score (nSPS) is 30.0. The number of alkyl halides is 3. The first kappa shape index (κ1) is 23.7. The van der Waals surface area contributed by atoms with Crippen LogP contribution in [0.3, 0.4) is 0 Å². The van der Waals surface area contributed by atoms with Gasteiger partial charge in [-0.25, -0.2) is 13.2 Å². The second-order valence-corrected chi connectivity index (χ2v) is 10.7. The lowest BCUT2D eigenvalue weighted by molar-refractivity contribution is -0.192. The molecule has 3 heterocycles. The molecule has 0 amide bonds. The molecule has 3 aliphatic heterocycles. The zero-order valence-corrected chi connectivity index (χ0v) is 17.6. The van der Waals surface area contributed by atoms with Crippen molar-refractivity contribution < 1.29 is 41.0 Å². The number of nitrogens with zero attached hydrogens (tertiary/aromatic N) is 2. The Labute approximate surface area is 174 Å². The fourth-order valence-electron chi connectivity index (χ4n) is 4.33. The minimum Gasteiger partial charge on any atom is -0.475 e. The smallest absolute Gasteiger partial charge is 0.475 e. The van der Waals surface area contributed by atoms with Gasteiger partial charge >= 0.3 is 12.1 Å². The van der Waals surface area contributed by atoms with Crippen LogP contribution in [0, 0.1) is 5.41 Å². The van der Waals surface area contributed by atoms with Gasteiger partial charge in [-0.2, -0.15) is 17.5 Å². The maximum atomic E-state index is 12.7. The Morgan fingerprint density at radius 2 is 1.63 bits per heavy atom. The van der Waals surface area contributed by atoms with Gasteiger partial charge in [0.1, 0.15) is 0 Å². The highest BCUT2D eigenvalue weighted by atomic mass is 32.2. The predicted octanol–water partition coefficient (Wildman–Crippen LogP) is 1.32. The summed E-state index contributed by atoms with van der Waals surface area (Å²) in [5.74, 6) is -2.76. The second kappa shape index (κ2) is 9.27. The summed E-state index contributed by atoms with van der Waals surface area (Å²) >= 11 is 0. The van der Waals surface area contributed by atoms with E-state index in [0.717, 1.165) is 58.4 Å². The van der Waals surface area contributed by atoms with Crippen molar-refractivity contribution in [1.82, 2.24) is 9.21 Å². The van der Waals surface area contributed by atoms with Crippen molar-refractivity contribution in [2.75, 3.05) is 52.6 Å². The van der Waals surface area contributed by atoms with Gasteiger partial charge in [0.25, 0.3) is 0 Å². The number of aliphatic carboxylic acids is 1. The lowest BCUT2D eigenvalue weighted by Gasteiger charge is -2.35. The monoisotopic (exact) mass is 458 g/mol. The Morgan fingerprint density at radius 3 is 2.20 bits per heavy atom. The average Bonchev–Trinajstić information content (AvgIpc) is 3.49. The van der Waals surface area contributed by atoms with Crippen molar-refractivity contribution in [3.05, 3.63) is 0 Å². The first-order chi connectivity index (χ1) is 14.0. The second-order valence-electron chi connectivity index (χ2n) is 8.50. The molecule has 30 heavy (non-hydrogen) atoms. The number of ether oxygens (including phenoxy) is 2. The molecule has 1 N–H and O–H groups in total. The molecule has 0 radical (unpaired) electrons. The van der Waals surface area contributed by atoms with Gasteiger partial charge in [0.2, 0.25) is 10.0 Å². The number of carboxylic acids is 1. The first-order valence-electron chi connectivity index (χ1n) is 10.2. The molecular formula is C18H29F3N2O6S. The fourth-order valence-corrected chi connectivity index (χ4v) is 6.26. The van der Waals surface area contributed by atoms with Crippen molar-refractivity contribution in [2.24, 2.45) is 5.41 Å². The number of likely N-dealkylation sites (tertiary alicyclic amines) is 1. The van der Waals surface area contributed by atoms with Crippen LogP contribution in [0.2, 0.25) is 0 Å². The quantitative estimate of drug-likeness (QED) is 0.681. The lowest BCUT2D eigenvalue weighted by Crippen LogP contribution is -2.46. The molecular weight excluding hydrogens is 429 g/mol. The van der Waals surface area contributed by atoms with Crippen molar-refractivity contribution in [1.29, 1.82) is 0 Å². The van der Waals surface area contributed by atoms with Gasteiger partial charge in [0, 0.05) is 44.3 Å². The van der Waals surface area contributed by atoms with Crippen LogP contribution in [0.5, 0.6) is 0 Å². The van der Waals surface area contributed by atoms with Gasteiger partial charge in [-0.15, -0.1) is 0 Å². The van der Waals surface area contributed by atoms with Gasteiger partial charge in [0.15, 0.2) is 0 Å². The molecule has 12 heteroatoms. The van der Waals surface area contributed by atoms with E-state index in [-0.39, 0.29) is 10.7 Å². The molecule has 4 fully saturated rings. The van der Waals surface area contributed by atoms with E-state index < -0.39 is 22.2 Å². The van der Waals surface area contributed by atoms with Gasteiger partial charge in [-0.05, 0) is 38.6 Å². The van der Waals surface area contributed by atoms with Gasteiger partial charge in [0.05, 0.1) is 18.5 Å². The van der Waals surface area contributed by atoms with E-state index in [1.165, 1.54) is 0 Å². The van der Waals surface area contributed by atoms with Crippen LogP contribution in [0.1, 0.15) is 32.1 Å². The van der Waals surface area contributed by atoms with Crippen LogP contribution in [-0.4, -0.2) is 98.8 Å². The molecule has 0 bridgehead atoms. The lowest BCUT2D eigenvalue weighted by atomic mass is 9.88. The Hall–Kier alpha value is -0.950. The Morgan fingerprint density at radius 1 is 1.00 bits per heavy atom. The maximum Gasteiger partial charge on any atom is 0.490 e. The Balaban J connectivity index is 0.000000318. The van der Waals surface area contributed by atoms with Crippen molar-refractivity contribution in [3.8, 4) is 0 Å². The number of carbonyl (C=O) groups is 1. The number of rotatable bonds is 3.